The van der Waals surface area contributed by atoms with Crippen LogP contribution in [-0.4, -0.2) is 22.6 Å². The molecule has 1 aromatic heterocycles. The van der Waals surface area contributed by atoms with Gasteiger partial charge in [-0.25, -0.2) is 0 Å². The number of thioether (sulfide) groups is 2. The summed E-state index contributed by atoms with van der Waals surface area (Å²) < 4.78 is 2.99. The van der Waals surface area contributed by atoms with Gasteiger partial charge in [-0.15, -0.1) is 11.8 Å². The molecular weight excluding hydrogens is 362 g/mol. The molecule has 2 aromatic rings. The minimum Gasteiger partial charge on any atom is -0.322 e. The van der Waals surface area contributed by atoms with E-state index in [9.17, 15) is 4.79 Å². The molecule has 132 valence electrons. The molecule has 3 heterocycles. The standard InChI is InChI=1S/C20H19N3OS2/c1-11-7-4-5-8-13(11)22-19(24)15-12(2)26-20(25-3)17-16(15)14-9-6-10-23(14)18(17)21/h4-10,16,21H,1-3H3,(H,22,24). The molecule has 0 fully saturated rings. The van der Waals surface area contributed by atoms with E-state index < -0.39 is 0 Å². The molecule has 2 N–H and O–H groups in total. The predicted molar refractivity (Wildman–Crippen MR) is 111 cm³/mol. The van der Waals surface area contributed by atoms with Crippen LogP contribution in [-0.2, 0) is 4.79 Å². The van der Waals surface area contributed by atoms with E-state index in [1.165, 1.54) is 0 Å². The summed E-state index contributed by atoms with van der Waals surface area (Å²) in [5, 5.41) is 11.7. The lowest BCUT2D eigenvalue weighted by molar-refractivity contribution is -0.113. The van der Waals surface area contributed by atoms with Crippen molar-refractivity contribution in [2.24, 2.45) is 0 Å². The zero-order valence-electron chi connectivity index (χ0n) is 14.8. The maximum absolute atomic E-state index is 13.2. The first-order valence-corrected chi connectivity index (χ1v) is 10.4. The van der Waals surface area contributed by atoms with Gasteiger partial charge in [0, 0.05) is 28.7 Å². The van der Waals surface area contributed by atoms with Crippen LogP contribution in [0.25, 0.3) is 0 Å². The number of carbonyl (C=O) groups is 1. The highest BCUT2D eigenvalue weighted by Gasteiger charge is 2.42. The molecule has 0 spiro atoms. The summed E-state index contributed by atoms with van der Waals surface area (Å²) in [6, 6.07) is 11.7. The summed E-state index contributed by atoms with van der Waals surface area (Å²) in [7, 11) is 0. The summed E-state index contributed by atoms with van der Waals surface area (Å²) in [5.74, 6) is 0.208. The number of para-hydroxylation sites is 1. The van der Waals surface area contributed by atoms with Gasteiger partial charge in [0.25, 0.3) is 5.91 Å². The van der Waals surface area contributed by atoms with Crippen LogP contribution in [0.15, 0.2) is 62.9 Å². The topological polar surface area (TPSA) is 57.9 Å². The maximum atomic E-state index is 13.2. The Kier molecular flexibility index (Phi) is 4.32. The van der Waals surface area contributed by atoms with Gasteiger partial charge in [-0.2, -0.15) is 0 Å². The van der Waals surface area contributed by atoms with E-state index in [1.54, 1.807) is 23.5 Å². The number of aryl methyl sites for hydroxylation is 1. The fourth-order valence-electron chi connectivity index (χ4n) is 3.55. The summed E-state index contributed by atoms with van der Waals surface area (Å²) >= 11 is 3.25. The lowest BCUT2D eigenvalue weighted by Crippen LogP contribution is -2.23. The lowest BCUT2D eigenvalue weighted by atomic mass is 9.89. The maximum Gasteiger partial charge on any atom is 0.253 e. The molecule has 0 saturated heterocycles. The Labute approximate surface area is 161 Å². The number of nitrogens with zero attached hydrogens (tertiary/aromatic N) is 1. The summed E-state index contributed by atoms with van der Waals surface area (Å²) in [6.45, 7) is 3.99. The van der Waals surface area contributed by atoms with Crippen molar-refractivity contribution in [3.63, 3.8) is 0 Å². The highest BCUT2D eigenvalue weighted by molar-refractivity contribution is 8.23. The second-order valence-corrected chi connectivity index (χ2v) is 8.63. The normalized spacial score (nSPS) is 18.9. The molecule has 2 aliphatic heterocycles. The predicted octanol–water partition coefficient (Wildman–Crippen LogP) is 4.95. The van der Waals surface area contributed by atoms with E-state index in [0.29, 0.717) is 5.84 Å². The van der Waals surface area contributed by atoms with Crippen LogP contribution >= 0.6 is 23.5 Å². The number of rotatable bonds is 3. The van der Waals surface area contributed by atoms with Crippen molar-refractivity contribution in [1.29, 1.82) is 5.41 Å². The highest BCUT2D eigenvalue weighted by atomic mass is 32.2. The Morgan fingerprint density at radius 2 is 2.00 bits per heavy atom. The molecule has 1 unspecified atom stereocenters. The van der Waals surface area contributed by atoms with Gasteiger partial charge in [0.2, 0.25) is 0 Å². The van der Waals surface area contributed by atoms with Crippen LogP contribution < -0.4 is 5.32 Å². The van der Waals surface area contributed by atoms with Gasteiger partial charge in [-0.1, -0.05) is 30.0 Å². The number of anilines is 1. The summed E-state index contributed by atoms with van der Waals surface area (Å²) in [5.41, 5.74) is 4.54. The van der Waals surface area contributed by atoms with E-state index in [0.717, 1.165) is 37.2 Å². The first kappa shape index (κ1) is 17.2. The van der Waals surface area contributed by atoms with Gasteiger partial charge in [-0.05, 0) is 48.8 Å². The average molecular weight is 382 g/mol. The van der Waals surface area contributed by atoms with Gasteiger partial charge in [0.1, 0.15) is 5.84 Å². The molecule has 4 nitrogen and oxygen atoms in total. The molecule has 0 saturated carbocycles. The molecule has 0 radical (unpaired) electrons. The smallest absolute Gasteiger partial charge is 0.253 e. The molecular formula is C20H19N3OS2. The minimum atomic E-state index is -0.176. The Hall–Kier alpha value is -2.18. The van der Waals surface area contributed by atoms with Gasteiger partial charge in [0.15, 0.2) is 0 Å². The molecule has 1 amide bonds. The van der Waals surface area contributed by atoms with E-state index in [2.05, 4.69) is 5.32 Å². The van der Waals surface area contributed by atoms with Crippen molar-refractivity contribution < 1.29 is 4.79 Å². The lowest BCUT2D eigenvalue weighted by Gasteiger charge is -2.26. The Morgan fingerprint density at radius 1 is 1.23 bits per heavy atom. The fourth-order valence-corrected chi connectivity index (χ4v) is 5.62. The van der Waals surface area contributed by atoms with Crippen LogP contribution in [0.5, 0.6) is 0 Å². The first-order chi connectivity index (χ1) is 12.5. The number of hydrogen-bond donors (Lipinski definition) is 2. The molecule has 6 heteroatoms. The number of carbonyl (C=O) groups excluding carboxylic acids is 1. The Bertz CT molecular complexity index is 1000. The zero-order chi connectivity index (χ0) is 18.4. The van der Waals surface area contributed by atoms with Crippen molar-refractivity contribution >= 4 is 41.0 Å². The third-order valence-electron chi connectivity index (χ3n) is 4.82. The Balaban J connectivity index is 1.78. The molecule has 1 atom stereocenters. The molecule has 4 rings (SSSR count). The molecule has 0 aliphatic carbocycles. The summed E-state index contributed by atoms with van der Waals surface area (Å²) in [4.78, 5) is 14.2. The van der Waals surface area contributed by atoms with Crippen LogP contribution in [0.3, 0.4) is 0 Å². The second-order valence-electron chi connectivity index (χ2n) is 6.33. The van der Waals surface area contributed by atoms with Gasteiger partial charge in [-0.3, -0.25) is 10.2 Å². The molecule has 1 aromatic carbocycles. The SMILES string of the molecule is CSC1=C2C(=N)n3cccc3C2C(C(=O)Nc2ccccc2C)=C(C)S1. The number of allylic oxidation sites excluding steroid dienone is 2. The van der Waals surface area contributed by atoms with E-state index in [-0.39, 0.29) is 11.8 Å². The minimum absolute atomic E-state index is 0.0885. The van der Waals surface area contributed by atoms with Crippen LogP contribution in [0.4, 0.5) is 5.69 Å². The number of hydrogen-bond acceptors (Lipinski definition) is 4. The third kappa shape index (κ3) is 2.56. The largest absolute Gasteiger partial charge is 0.322 e. The van der Waals surface area contributed by atoms with E-state index in [1.807, 2.05) is 67.3 Å². The van der Waals surface area contributed by atoms with Crippen molar-refractivity contribution in [2.75, 3.05) is 11.6 Å². The number of nitrogens with one attached hydrogen (secondary N) is 2. The van der Waals surface area contributed by atoms with Gasteiger partial charge in [0.05, 0.1) is 10.2 Å². The first-order valence-electron chi connectivity index (χ1n) is 8.33. The van der Waals surface area contributed by atoms with Crippen molar-refractivity contribution in [3.8, 4) is 0 Å². The molecule has 2 aliphatic rings. The summed E-state index contributed by atoms with van der Waals surface area (Å²) in [6.07, 6.45) is 3.93. The highest BCUT2D eigenvalue weighted by Crippen LogP contribution is 2.53. The van der Waals surface area contributed by atoms with Crippen LogP contribution in [0.1, 0.15) is 24.1 Å². The number of fused-ring (bicyclic) bond motifs is 3. The number of benzene rings is 1. The number of amides is 1. The third-order valence-corrected chi connectivity index (χ3v) is 7.09. The quantitative estimate of drug-likeness (QED) is 0.791. The van der Waals surface area contributed by atoms with Crippen LogP contribution in [0, 0.1) is 12.3 Å². The number of aromatic nitrogens is 1. The van der Waals surface area contributed by atoms with Crippen molar-refractivity contribution in [3.05, 3.63) is 74.1 Å². The van der Waals surface area contributed by atoms with Gasteiger partial charge >= 0.3 is 0 Å². The van der Waals surface area contributed by atoms with Crippen molar-refractivity contribution in [1.82, 2.24) is 4.57 Å². The molecule has 26 heavy (non-hydrogen) atoms. The van der Waals surface area contributed by atoms with Crippen LogP contribution in [0.2, 0.25) is 0 Å². The average Bonchev–Trinajstić information content (AvgIpc) is 3.20. The zero-order valence-corrected chi connectivity index (χ0v) is 16.4. The monoisotopic (exact) mass is 381 g/mol. The van der Waals surface area contributed by atoms with Gasteiger partial charge < -0.3 is 9.88 Å². The Morgan fingerprint density at radius 3 is 2.73 bits per heavy atom. The van der Waals surface area contributed by atoms with E-state index >= 15 is 0 Å². The second kappa shape index (κ2) is 6.52. The fraction of sp³-hybridized carbons (Fsp3) is 0.200. The van der Waals surface area contributed by atoms with E-state index in [4.69, 9.17) is 5.41 Å². The molecule has 0 bridgehead atoms. The van der Waals surface area contributed by atoms with Crippen molar-refractivity contribution in [2.45, 2.75) is 19.8 Å².